The molecule has 0 aliphatic rings. The van der Waals surface area contributed by atoms with E-state index >= 15 is 0 Å². The fourth-order valence-electron chi connectivity index (χ4n) is 1.47. The van der Waals surface area contributed by atoms with Crippen molar-refractivity contribution in [3.63, 3.8) is 0 Å². The van der Waals surface area contributed by atoms with Crippen LogP contribution in [0.1, 0.15) is 24.5 Å². The van der Waals surface area contributed by atoms with Gasteiger partial charge in [-0.2, -0.15) is 0 Å². The lowest BCUT2D eigenvalue weighted by Gasteiger charge is -2.13. The van der Waals surface area contributed by atoms with Gasteiger partial charge in [0.05, 0.1) is 11.7 Å². The van der Waals surface area contributed by atoms with Gasteiger partial charge in [-0.25, -0.2) is 0 Å². The third kappa shape index (κ3) is 1.87. The number of aliphatic hydroxyl groups excluding tert-OH is 1. The quantitative estimate of drug-likeness (QED) is 0.802. The van der Waals surface area contributed by atoms with Gasteiger partial charge in [-0.3, -0.25) is 4.98 Å². The normalized spacial score (nSPS) is 12.7. The highest BCUT2D eigenvalue weighted by Crippen LogP contribution is 2.15. The summed E-state index contributed by atoms with van der Waals surface area (Å²) < 4.78 is 1.81. The van der Waals surface area contributed by atoms with Gasteiger partial charge in [0.25, 0.3) is 0 Å². The second kappa shape index (κ2) is 4.18. The average Bonchev–Trinajstić information content (AvgIpc) is 2.77. The summed E-state index contributed by atoms with van der Waals surface area (Å²) in [6.07, 6.45) is 3.35. The standard InChI is InChI=1S/C10H12N4O/c1-8(9-4-2-3-5-11-9)14-7-12-13-10(14)6-15/h2-5,7-8,15H,6H2,1H3. The third-order valence-electron chi connectivity index (χ3n) is 2.32. The second-order valence-electron chi connectivity index (χ2n) is 3.24. The van der Waals surface area contributed by atoms with E-state index in [-0.39, 0.29) is 12.6 Å². The zero-order valence-electron chi connectivity index (χ0n) is 8.41. The molecule has 2 rings (SSSR count). The van der Waals surface area contributed by atoms with E-state index in [9.17, 15) is 0 Å². The number of aromatic nitrogens is 4. The van der Waals surface area contributed by atoms with E-state index in [1.807, 2.05) is 29.7 Å². The fraction of sp³-hybridized carbons (Fsp3) is 0.300. The second-order valence-corrected chi connectivity index (χ2v) is 3.24. The Hall–Kier alpha value is -1.75. The first-order chi connectivity index (χ1) is 7.33. The summed E-state index contributed by atoms with van der Waals surface area (Å²) in [4.78, 5) is 4.25. The van der Waals surface area contributed by atoms with Crippen LogP contribution in [0.4, 0.5) is 0 Å². The van der Waals surface area contributed by atoms with Crippen molar-refractivity contribution >= 4 is 0 Å². The van der Waals surface area contributed by atoms with Gasteiger partial charge in [-0.1, -0.05) is 6.07 Å². The minimum atomic E-state index is -0.114. The first kappa shape index (κ1) is 9.79. The molecular weight excluding hydrogens is 192 g/mol. The molecular formula is C10H12N4O. The zero-order valence-corrected chi connectivity index (χ0v) is 8.41. The van der Waals surface area contributed by atoms with Gasteiger partial charge in [0.1, 0.15) is 12.9 Å². The van der Waals surface area contributed by atoms with Crippen molar-refractivity contribution in [3.05, 3.63) is 42.2 Å². The van der Waals surface area contributed by atoms with Crippen LogP contribution in [0.15, 0.2) is 30.7 Å². The summed E-state index contributed by atoms with van der Waals surface area (Å²) in [5, 5.41) is 16.6. The molecule has 0 saturated carbocycles. The van der Waals surface area contributed by atoms with E-state index in [4.69, 9.17) is 5.11 Å². The van der Waals surface area contributed by atoms with Gasteiger partial charge >= 0.3 is 0 Å². The first-order valence-corrected chi connectivity index (χ1v) is 4.73. The third-order valence-corrected chi connectivity index (χ3v) is 2.32. The van der Waals surface area contributed by atoms with Crippen molar-refractivity contribution < 1.29 is 5.11 Å². The van der Waals surface area contributed by atoms with Gasteiger partial charge in [0.2, 0.25) is 0 Å². The zero-order chi connectivity index (χ0) is 10.7. The van der Waals surface area contributed by atoms with Gasteiger partial charge < -0.3 is 9.67 Å². The molecule has 5 nitrogen and oxygen atoms in total. The molecule has 2 heterocycles. The predicted molar refractivity (Wildman–Crippen MR) is 54.0 cm³/mol. The Morgan fingerprint density at radius 3 is 3.00 bits per heavy atom. The van der Waals surface area contributed by atoms with Crippen LogP contribution in [0.3, 0.4) is 0 Å². The van der Waals surface area contributed by atoms with Gasteiger partial charge in [-0.05, 0) is 19.1 Å². The summed E-state index contributed by atoms with van der Waals surface area (Å²) >= 11 is 0. The molecule has 0 aliphatic heterocycles. The van der Waals surface area contributed by atoms with Crippen molar-refractivity contribution in [2.45, 2.75) is 19.6 Å². The molecule has 78 valence electrons. The highest BCUT2D eigenvalue weighted by atomic mass is 16.3. The molecule has 5 heteroatoms. The van der Waals surface area contributed by atoms with Crippen LogP contribution >= 0.6 is 0 Å². The average molecular weight is 204 g/mol. The van der Waals surface area contributed by atoms with Crippen molar-refractivity contribution in [2.75, 3.05) is 0 Å². The predicted octanol–water partition coefficient (Wildman–Crippen LogP) is 0.775. The van der Waals surface area contributed by atoms with E-state index in [0.717, 1.165) is 5.69 Å². The van der Waals surface area contributed by atoms with Gasteiger partial charge in [-0.15, -0.1) is 10.2 Å². The van der Waals surface area contributed by atoms with Crippen molar-refractivity contribution in [1.29, 1.82) is 0 Å². The molecule has 0 aliphatic carbocycles. The Morgan fingerprint density at radius 1 is 1.47 bits per heavy atom. The lowest BCUT2D eigenvalue weighted by molar-refractivity contribution is 0.263. The summed E-state index contributed by atoms with van der Waals surface area (Å²) in [6.45, 7) is 1.88. The van der Waals surface area contributed by atoms with E-state index in [2.05, 4.69) is 15.2 Å². The molecule has 1 N–H and O–H groups in total. The number of nitrogens with zero attached hydrogens (tertiary/aromatic N) is 4. The molecule has 2 aromatic rings. The number of hydrogen-bond donors (Lipinski definition) is 1. The van der Waals surface area contributed by atoms with E-state index in [1.54, 1.807) is 12.5 Å². The maximum atomic E-state index is 9.06. The summed E-state index contributed by atoms with van der Waals surface area (Å²) in [5.74, 6) is 0.549. The van der Waals surface area contributed by atoms with Crippen molar-refractivity contribution in [2.24, 2.45) is 0 Å². The number of hydrogen-bond acceptors (Lipinski definition) is 4. The summed E-state index contributed by atoms with van der Waals surface area (Å²) in [5.41, 5.74) is 0.923. The number of rotatable bonds is 3. The van der Waals surface area contributed by atoms with Crippen LogP contribution in [0, 0.1) is 0 Å². The Kier molecular flexibility index (Phi) is 2.73. The molecule has 1 unspecified atom stereocenters. The molecule has 0 saturated heterocycles. The molecule has 0 radical (unpaired) electrons. The Balaban J connectivity index is 2.32. The maximum Gasteiger partial charge on any atom is 0.159 e. The first-order valence-electron chi connectivity index (χ1n) is 4.73. The number of pyridine rings is 1. The number of aliphatic hydroxyl groups is 1. The van der Waals surface area contributed by atoms with E-state index < -0.39 is 0 Å². The molecule has 0 aromatic carbocycles. The molecule has 0 bridgehead atoms. The SMILES string of the molecule is CC(c1ccccn1)n1cnnc1CO. The molecule has 15 heavy (non-hydrogen) atoms. The van der Waals surface area contributed by atoms with Crippen LogP contribution < -0.4 is 0 Å². The van der Waals surface area contributed by atoms with Crippen LogP contribution in [-0.4, -0.2) is 24.9 Å². The molecule has 0 amide bonds. The molecule has 2 aromatic heterocycles. The van der Waals surface area contributed by atoms with Crippen molar-refractivity contribution in [3.8, 4) is 0 Å². The smallest absolute Gasteiger partial charge is 0.159 e. The molecule has 1 atom stereocenters. The monoisotopic (exact) mass is 204 g/mol. The van der Waals surface area contributed by atoms with Crippen molar-refractivity contribution in [1.82, 2.24) is 19.7 Å². The fourth-order valence-corrected chi connectivity index (χ4v) is 1.47. The van der Waals surface area contributed by atoms with E-state index in [1.165, 1.54) is 0 Å². The molecule has 0 spiro atoms. The van der Waals surface area contributed by atoms with Crippen LogP contribution in [0.5, 0.6) is 0 Å². The Labute approximate surface area is 87.4 Å². The summed E-state index contributed by atoms with van der Waals surface area (Å²) in [6, 6.07) is 5.77. The topological polar surface area (TPSA) is 63.8 Å². The summed E-state index contributed by atoms with van der Waals surface area (Å²) in [7, 11) is 0. The van der Waals surface area contributed by atoms with Crippen LogP contribution in [0.25, 0.3) is 0 Å². The minimum absolute atomic E-state index is 0.0309. The molecule has 0 fully saturated rings. The Morgan fingerprint density at radius 2 is 2.33 bits per heavy atom. The van der Waals surface area contributed by atoms with Crippen LogP contribution in [-0.2, 0) is 6.61 Å². The van der Waals surface area contributed by atoms with E-state index in [0.29, 0.717) is 5.82 Å². The van der Waals surface area contributed by atoms with Crippen LogP contribution in [0.2, 0.25) is 0 Å². The highest BCUT2D eigenvalue weighted by molar-refractivity contribution is 5.10. The lowest BCUT2D eigenvalue weighted by atomic mass is 10.2. The largest absolute Gasteiger partial charge is 0.388 e. The van der Waals surface area contributed by atoms with Gasteiger partial charge in [0, 0.05) is 6.20 Å². The lowest BCUT2D eigenvalue weighted by Crippen LogP contribution is -2.11. The minimum Gasteiger partial charge on any atom is -0.388 e. The van der Waals surface area contributed by atoms with Gasteiger partial charge in [0.15, 0.2) is 5.82 Å². The maximum absolute atomic E-state index is 9.06. The highest BCUT2D eigenvalue weighted by Gasteiger charge is 2.12. The Bertz CT molecular complexity index is 426.